The molecule has 0 saturated carbocycles. The average molecular weight is 771 g/mol. The second-order valence-electron chi connectivity index (χ2n) is 11.7. The molecule has 0 fully saturated rings. The van der Waals surface area contributed by atoms with E-state index < -0.39 is 53.7 Å². The summed E-state index contributed by atoms with van der Waals surface area (Å²) in [5, 5.41) is 30.3. The van der Waals surface area contributed by atoms with E-state index in [4.69, 9.17) is 0 Å². The zero-order valence-electron chi connectivity index (χ0n) is 27.3. The molecule has 0 bridgehead atoms. The molecule has 0 atom stereocenters. The van der Waals surface area contributed by atoms with Crippen LogP contribution in [0, 0.1) is 0 Å². The summed E-state index contributed by atoms with van der Waals surface area (Å²) in [6.45, 7) is 0. The second-order valence-corrected chi connectivity index (χ2v) is 14.5. The van der Waals surface area contributed by atoms with Gasteiger partial charge < -0.3 is 31.5 Å². The lowest BCUT2D eigenvalue weighted by atomic mass is 10.1. The third-order valence-electron chi connectivity index (χ3n) is 7.89. The molecular weight excluding hydrogens is 745 g/mol. The van der Waals surface area contributed by atoms with Gasteiger partial charge in [0.1, 0.15) is 21.3 Å². The molecule has 18 heteroatoms. The lowest BCUT2D eigenvalue weighted by Crippen LogP contribution is -2.29. The highest BCUT2D eigenvalue weighted by Gasteiger charge is 2.19. The highest BCUT2D eigenvalue weighted by atomic mass is 32.2. The van der Waals surface area contributed by atoms with Gasteiger partial charge in [-0.15, -0.1) is 0 Å². The predicted octanol–water partition coefficient (Wildman–Crippen LogP) is 4.98. The van der Waals surface area contributed by atoms with Crippen molar-refractivity contribution in [2.45, 2.75) is 9.79 Å². The Bertz CT molecular complexity index is 2560. The van der Waals surface area contributed by atoms with Crippen molar-refractivity contribution in [3.05, 3.63) is 120 Å². The van der Waals surface area contributed by atoms with Crippen molar-refractivity contribution in [2.75, 3.05) is 21.3 Å². The smallest absolute Gasteiger partial charge is 0.314 e. The highest BCUT2D eigenvalue weighted by molar-refractivity contribution is 7.86. The van der Waals surface area contributed by atoms with Gasteiger partial charge >= 0.3 is 11.8 Å². The Labute approximate surface area is 305 Å². The first kappa shape index (κ1) is 36.9. The van der Waals surface area contributed by atoms with Crippen LogP contribution in [-0.4, -0.2) is 59.8 Å². The molecule has 0 aliphatic heterocycles. The van der Waals surface area contributed by atoms with E-state index in [1.54, 1.807) is 0 Å². The van der Waals surface area contributed by atoms with Crippen LogP contribution in [-0.2, 0) is 29.8 Å². The maximum Gasteiger partial charge on any atom is 0.314 e. The molecule has 0 heterocycles. The number of rotatable bonds is 8. The molecule has 0 aliphatic rings. The highest BCUT2D eigenvalue weighted by Crippen LogP contribution is 2.32. The number of fused-ring (bicyclic) bond motifs is 2. The maximum atomic E-state index is 12.9. The second kappa shape index (κ2) is 14.3. The number of amides is 4. The van der Waals surface area contributed by atoms with Gasteiger partial charge in [0.05, 0.1) is 0 Å². The average Bonchev–Trinajstić information content (AvgIpc) is 3.11. The van der Waals surface area contributed by atoms with Crippen molar-refractivity contribution in [2.24, 2.45) is 0 Å². The number of nitrogens with one attached hydrogen (secondary N) is 4. The Morgan fingerprint density at radius 3 is 1.09 bits per heavy atom. The van der Waals surface area contributed by atoms with Crippen molar-refractivity contribution in [3.8, 4) is 11.5 Å². The SMILES string of the molecule is O=C(Nc1ccc(C(=O)Nc2ccc3cc(O)cc(S(=O)(=O)O)c3c2)cc1)C(=O)Nc1ccc(C(=O)Nc2ccc3cc(O)cc(S(=O)(=O)O)c3c2)cc1. The molecule has 6 aromatic rings. The molecule has 0 spiro atoms. The van der Waals surface area contributed by atoms with Crippen LogP contribution in [0.1, 0.15) is 20.7 Å². The van der Waals surface area contributed by atoms with Gasteiger partial charge in [0, 0.05) is 56.8 Å². The van der Waals surface area contributed by atoms with E-state index in [9.17, 15) is 55.3 Å². The number of phenolic OH excluding ortho intramolecular Hbond substituents is 2. The topological polar surface area (TPSA) is 266 Å². The van der Waals surface area contributed by atoms with Crippen molar-refractivity contribution >= 4 is 88.2 Å². The monoisotopic (exact) mass is 770 g/mol. The molecule has 0 aromatic heterocycles. The number of phenols is 2. The number of hydrogen-bond acceptors (Lipinski definition) is 10. The molecule has 4 amide bonds. The lowest BCUT2D eigenvalue weighted by Gasteiger charge is -2.11. The fourth-order valence-electron chi connectivity index (χ4n) is 5.39. The zero-order chi connectivity index (χ0) is 38.9. The molecule has 274 valence electrons. The zero-order valence-corrected chi connectivity index (χ0v) is 28.9. The first-order valence-electron chi connectivity index (χ1n) is 15.4. The molecule has 0 aliphatic carbocycles. The van der Waals surface area contributed by atoms with Crippen LogP contribution in [0.4, 0.5) is 22.7 Å². The van der Waals surface area contributed by atoms with Gasteiger partial charge in [-0.3, -0.25) is 28.3 Å². The van der Waals surface area contributed by atoms with Gasteiger partial charge in [0.2, 0.25) is 0 Å². The Morgan fingerprint density at radius 1 is 0.426 bits per heavy atom. The largest absolute Gasteiger partial charge is 0.508 e. The van der Waals surface area contributed by atoms with Gasteiger partial charge in [-0.2, -0.15) is 16.8 Å². The summed E-state index contributed by atoms with van der Waals surface area (Å²) in [6.07, 6.45) is 0. The number of benzene rings is 6. The third-order valence-corrected chi connectivity index (χ3v) is 9.68. The van der Waals surface area contributed by atoms with E-state index >= 15 is 0 Å². The Kier molecular flexibility index (Phi) is 9.76. The molecule has 54 heavy (non-hydrogen) atoms. The summed E-state index contributed by atoms with van der Waals surface area (Å²) in [6, 6.07) is 23.8. The van der Waals surface area contributed by atoms with E-state index in [1.807, 2.05) is 0 Å². The van der Waals surface area contributed by atoms with Gasteiger partial charge in [-0.05, 0) is 95.7 Å². The third kappa shape index (κ3) is 8.27. The summed E-state index contributed by atoms with van der Waals surface area (Å²) < 4.78 is 66.4. The van der Waals surface area contributed by atoms with E-state index in [0.29, 0.717) is 10.8 Å². The van der Waals surface area contributed by atoms with Crippen LogP contribution < -0.4 is 21.3 Å². The van der Waals surface area contributed by atoms with E-state index in [-0.39, 0.29) is 56.1 Å². The number of carbonyl (C=O) groups excluding carboxylic acids is 4. The number of hydrogen-bond donors (Lipinski definition) is 8. The lowest BCUT2D eigenvalue weighted by molar-refractivity contribution is -0.132. The van der Waals surface area contributed by atoms with Crippen LogP contribution >= 0.6 is 0 Å². The molecule has 8 N–H and O–H groups in total. The first-order chi connectivity index (χ1) is 25.4. The molecule has 16 nitrogen and oxygen atoms in total. The van der Waals surface area contributed by atoms with Crippen LogP contribution in [0.25, 0.3) is 21.5 Å². The summed E-state index contributed by atoms with van der Waals surface area (Å²) in [5.74, 6) is -4.03. The van der Waals surface area contributed by atoms with Gasteiger partial charge in [-0.25, -0.2) is 0 Å². The molecule has 0 saturated heterocycles. The molecule has 6 rings (SSSR count). The number of carbonyl (C=O) groups is 4. The van der Waals surface area contributed by atoms with E-state index in [0.717, 1.165) is 12.1 Å². The van der Waals surface area contributed by atoms with E-state index in [2.05, 4.69) is 21.3 Å². The standard InChI is InChI=1S/C36H26N4O12S2/c41-27-13-21-5-11-25(15-29(21)31(17-27)53(47,48)49)39-33(43)19-1-7-23(8-2-19)37-35(45)36(46)38-24-9-3-20(4-10-24)34(44)40-26-12-6-22-14-28(42)18-32(30(22)16-26)54(50,51)52/h1-18,41-42H,(H,37,45)(H,38,46)(H,39,43)(H,40,44)(H,47,48,49)(H,50,51,52). The summed E-state index contributed by atoms with van der Waals surface area (Å²) >= 11 is 0. The molecule has 0 unspecified atom stereocenters. The quantitative estimate of drug-likeness (QED) is 0.0753. The fraction of sp³-hybridized carbons (Fsp3) is 0. The first-order valence-corrected chi connectivity index (χ1v) is 18.3. The fourth-order valence-corrected chi connectivity index (χ4v) is 6.84. The summed E-state index contributed by atoms with van der Waals surface area (Å²) in [7, 11) is -9.38. The van der Waals surface area contributed by atoms with Gasteiger partial charge in [-0.1, -0.05) is 12.1 Å². The summed E-state index contributed by atoms with van der Waals surface area (Å²) in [4.78, 5) is 49.8. The van der Waals surface area contributed by atoms with Crippen LogP contribution in [0.15, 0.2) is 119 Å². The normalized spacial score (nSPS) is 11.5. The minimum atomic E-state index is -4.69. The van der Waals surface area contributed by atoms with Gasteiger partial charge in [0.25, 0.3) is 32.1 Å². The number of aromatic hydroxyl groups is 2. The van der Waals surface area contributed by atoms with Crippen molar-refractivity contribution < 1.29 is 55.3 Å². The van der Waals surface area contributed by atoms with Crippen LogP contribution in [0.3, 0.4) is 0 Å². The predicted molar refractivity (Wildman–Crippen MR) is 197 cm³/mol. The minimum Gasteiger partial charge on any atom is -0.508 e. The van der Waals surface area contributed by atoms with Crippen LogP contribution in [0.5, 0.6) is 11.5 Å². The van der Waals surface area contributed by atoms with Gasteiger partial charge in [0.15, 0.2) is 0 Å². The summed E-state index contributed by atoms with van der Waals surface area (Å²) in [5.41, 5.74) is 1.02. The number of anilines is 4. The minimum absolute atomic E-state index is 0.0627. The molecular formula is C36H26N4O12S2. The molecule has 0 radical (unpaired) electrons. The van der Waals surface area contributed by atoms with Crippen molar-refractivity contribution in [3.63, 3.8) is 0 Å². The Hall–Kier alpha value is -6.86. The van der Waals surface area contributed by atoms with Crippen molar-refractivity contribution in [1.82, 2.24) is 0 Å². The Balaban J connectivity index is 1.05. The van der Waals surface area contributed by atoms with E-state index in [1.165, 1.54) is 97.1 Å². The van der Waals surface area contributed by atoms with Crippen molar-refractivity contribution in [1.29, 1.82) is 0 Å². The maximum absolute atomic E-state index is 12.9. The Morgan fingerprint density at radius 2 is 0.759 bits per heavy atom. The molecule has 6 aromatic carbocycles. The van der Waals surface area contributed by atoms with Crippen LogP contribution in [0.2, 0.25) is 0 Å².